The summed E-state index contributed by atoms with van der Waals surface area (Å²) < 4.78 is 5.41. The summed E-state index contributed by atoms with van der Waals surface area (Å²) in [6.07, 6.45) is 4.50. The summed E-state index contributed by atoms with van der Waals surface area (Å²) >= 11 is 0. The van der Waals surface area contributed by atoms with Crippen LogP contribution in [-0.4, -0.2) is 66.1 Å². The number of ether oxygens (including phenoxy) is 1. The number of amides is 1. The zero-order valence-corrected chi connectivity index (χ0v) is 14.8. The first kappa shape index (κ1) is 17.2. The minimum Gasteiger partial charge on any atom is -0.478 e. The van der Waals surface area contributed by atoms with Gasteiger partial charge in [0.15, 0.2) is 0 Å². The molecule has 0 bridgehead atoms. The van der Waals surface area contributed by atoms with Crippen LogP contribution in [0.2, 0.25) is 0 Å². The number of carbonyl (C=O) groups is 1. The standard InChI is InChI=1S/C18H28N4O2/c1-3-24-17-5-4-15(12-20-17)13-22-11-10-21(2)18(14-22)7-6-16(23)19-9-8-18/h4-5,12H,3,6-11,13-14H2,1-2H3,(H,19,23)/t18-/m0/s1. The molecule has 24 heavy (non-hydrogen) atoms. The van der Waals surface area contributed by atoms with Crippen LogP contribution in [0, 0.1) is 0 Å². The Hall–Kier alpha value is -1.66. The predicted molar refractivity (Wildman–Crippen MR) is 92.9 cm³/mol. The highest BCUT2D eigenvalue weighted by Gasteiger charge is 2.40. The lowest BCUT2D eigenvalue weighted by atomic mass is 9.86. The van der Waals surface area contributed by atoms with Gasteiger partial charge in [0.1, 0.15) is 0 Å². The Labute approximate surface area is 144 Å². The Bertz CT molecular complexity index is 563. The third kappa shape index (κ3) is 3.87. The van der Waals surface area contributed by atoms with E-state index in [1.54, 1.807) is 0 Å². The molecule has 1 aromatic rings. The quantitative estimate of drug-likeness (QED) is 0.900. The third-order valence-corrected chi connectivity index (χ3v) is 5.31. The first-order valence-electron chi connectivity index (χ1n) is 8.89. The molecule has 6 nitrogen and oxygen atoms in total. The van der Waals surface area contributed by atoms with Gasteiger partial charge in [0.2, 0.25) is 11.8 Å². The van der Waals surface area contributed by atoms with E-state index in [1.807, 2.05) is 19.2 Å². The average molecular weight is 332 g/mol. The maximum atomic E-state index is 11.7. The van der Waals surface area contributed by atoms with Crippen LogP contribution in [0.25, 0.3) is 0 Å². The van der Waals surface area contributed by atoms with Crippen LogP contribution in [0.3, 0.4) is 0 Å². The second-order valence-corrected chi connectivity index (χ2v) is 6.89. The number of aromatic nitrogens is 1. The molecule has 2 fully saturated rings. The molecule has 3 rings (SSSR count). The number of likely N-dealkylation sites (N-methyl/N-ethyl adjacent to an activating group) is 1. The molecule has 2 aliphatic rings. The highest BCUT2D eigenvalue weighted by molar-refractivity contribution is 5.76. The zero-order chi connectivity index (χ0) is 17.0. The minimum atomic E-state index is 0.107. The van der Waals surface area contributed by atoms with Crippen molar-refractivity contribution in [1.29, 1.82) is 0 Å². The van der Waals surface area contributed by atoms with Crippen molar-refractivity contribution >= 4 is 5.91 Å². The normalized spacial score (nSPS) is 26.2. The van der Waals surface area contributed by atoms with Gasteiger partial charge in [0.25, 0.3) is 0 Å². The van der Waals surface area contributed by atoms with Crippen molar-refractivity contribution in [3.8, 4) is 5.88 Å². The number of nitrogens with one attached hydrogen (secondary N) is 1. The molecule has 0 saturated carbocycles. The van der Waals surface area contributed by atoms with Gasteiger partial charge in [0.05, 0.1) is 6.61 Å². The number of nitrogens with zero attached hydrogens (tertiary/aromatic N) is 3. The van der Waals surface area contributed by atoms with E-state index >= 15 is 0 Å². The summed E-state index contributed by atoms with van der Waals surface area (Å²) in [5.41, 5.74) is 1.32. The monoisotopic (exact) mass is 332 g/mol. The molecule has 1 amide bonds. The van der Waals surface area contributed by atoms with Gasteiger partial charge in [0, 0.05) is 56.9 Å². The number of hydrogen-bond acceptors (Lipinski definition) is 5. The van der Waals surface area contributed by atoms with Crippen molar-refractivity contribution in [1.82, 2.24) is 20.1 Å². The van der Waals surface area contributed by atoms with Gasteiger partial charge in [-0.2, -0.15) is 0 Å². The average Bonchev–Trinajstić information content (AvgIpc) is 2.76. The van der Waals surface area contributed by atoms with Gasteiger partial charge in [-0.3, -0.25) is 14.6 Å². The van der Waals surface area contributed by atoms with Gasteiger partial charge in [-0.25, -0.2) is 4.98 Å². The van der Waals surface area contributed by atoms with Gasteiger partial charge >= 0.3 is 0 Å². The lowest BCUT2D eigenvalue weighted by Crippen LogP contribution is -2.60. The van der Waals surface area contributed by atoms with Gasteiger partial charge < -0.3 is 10.1 Å². The molecule has 0 radical (unpaired) electrons. The fraction of sp³-hybridized carbons (Fsp3) is 0.667. The van der Waals surface area contributed by atoms with Crippen LogP contribution < -0.4 is 10.1 Å². The molecule has 3 heterocycles. The zero-order valence-electron chi connectivity index (χ0n) is 14.8. The first-order chi connectivity index (χ1) is 11.6. The summed E-state index contributed by atoms with van der Waals surface area (Å²) in [6.45, 7) is 7.38. The van der Waals surface area contributed by atoms with Crippen LogP contribution in [0.4, 0.5) is 0 Å². The summed E-state index contributed by atoms with van der Waals surface area (Å²) in [5, 5.41) is 3.01. The Morgan fingerprint density at radius 3 is 2.96 bits per heavy atom. The molecular weight excluding hydrogens is 304 g/mol. The minimum absolute atomic E-state index is 0.107. The maximum absolute atomic E-state index is 11.7. The van der Waals surface area contributed by atoms with Crippen molar-refractivity contribution in [2.24, 2.45) is 0 Å². The molecule has 6 heteroatoms. The summed E-state index contributed by atoms with van der Waals surface area (Å²) in [5.74, 6) is 0.873. The molecule has 0 aromatic carbocycles. The van der Waals surface area contributed by atoms with Crippen molar-refractivity contribution in [3.63, 3.8) is 0 Å². The van der Waals surface area contributed by atoms with Crippen LogP contribution >= 0.6 is 0 Å². The summed E-state index contributed by atoms with van der Waals surface area (Å²) in [6, 6.07) is 4.04. The summed E-state index contributed by atoms with van der Waals surface area (Å²) in [4.78, 5) is 21.0. The SMILES string of the molecule is CCOc1ccc(CN2CCN(C)[C@@]3(CCNC(=O)CC3)C2)cn1. The van der Waals surface area contributed by atoms with Gasteiger partial charge in [-0.05, 0) is 32.4 Å². The number of rotatable bonds is 4. The molecule has 1 aromatic heterocycles. The molecule has 0 aliphatic carbocycles. The topological polar surface area (TPSA) is 57.7 Å². The van der Waals surface area contributed by atoms with E-state index in [1.165, 1.54) is 5.56 Å². The molecule has 2 saturated heterocycles. The number of carbonyl (C=O) groups excluding carboxylic acids is 1. The smallest absolute Gasteiger partial charge is 0.220 e. The number of piperazine rings is 1. The van der Waals surface area contributed by atoms with E-state index in [9.17, 15) is 4.79 Å². The lowest BCUT2D eigenvalue weighted by Gasteiger charge is -2.49. The Morgan fingerprint density at radius 2 is 2.21 bits per heavy atom. The maximum Gasteiger partial charge on any atom is 0.220 e. The van der Waals surface area contributed by atoms with Crippen molar-refractivity contribution < 1.29 is 9.53 Å². The van der Waals surface area contributed by atoms with E-state index in [-0.39, 0.29) is 11.4 Å². The lowest BCUT2D eigenvalue weighted by molar-refractivity contribution is -0.121. The van der Waals surface area contributed by atoms with Crippen molar-refractivity contribution in [2.45, 2.75) is 38.3 Å². The summed E-state index contributed by atoms with van der Waals surface area (Å²) in [7, 11) is 2.20. The number of hydrogen-bond donors (Lipinski definition) is 1. The van der Waals surface area contributed by atoms with E-state index in [0.717, 1.165) is 45.6 Å². The van der Waals surface area contributed by atoms with E-state index in [4.69, 9.17) is 4.74 Å². The molecule has 1 spiro atoms. The molecule has 1 N–H and O–H groups in total. The van der Waals surface area contributed by atoms with Crippen LogP contribution in [0.5, 0.6) is 5.88 Å². The Kier molecular flexibility index (Phi) is 5.36. The second kappa shape index (κ2) is 7.49. The van der Waals surface area contributed by atoms with Crippen molar-refractivity contribution in [2.75, 3.05) is 39.8 Å². The molecule has 1 atom stereocenters. The molecule has 2 aliphatic heterocycles. The highest BCUT2D eigenvalue weighted by Crippen LogP contribution is 2.31. The predicted octanol–water partition coefficient (Wildman–Crippen LogP) is 1.27. The first-order valence-corrected chi connectivity index (χ1v) is 8.89. The molecule has 132 valence electrons. The third-order valence-electron chi connectivity index (χ3n) is 5.31. The van der Waals surface area contributed by atoms with Crippen LogP contribution in [0.1, 0.15) is 31.7 Å². The Balaban J connectivity index is 1.65. The Morgan fingerprint density at radius 1 is 1.33 bits per heavy atom. The van der Waals surface area contributed by atoms with Gasteiger partial charge in [-0.1, -0.05) is 6.07 Å². The second-order valence-electron chi connectivity index (χ2n) is 6.89. The van der Waals surface area contributed by atoms with E-state index in [2.05, 4.69) is 33.2 Å². The molecule has 0 unspecified atom stereocenters. The largest absolute Gasteiger partial charge is 0.478 e. The van der Waals surface area contributed by atoms with E-state index in [0.29, 0.717) is 18.9 Å². The fourth-order valence-electron chi connectivity index (χ4n) is 3.81. The van der Waals surface area contributed by atoms with Crippen LogP contribution in [-0.2, 0) is 11.3 Å². The molecular formula is C18H28N4O2. The van der Waals surface area contributed by atoms with Gasteiger partial charge in [-0.15, -0.1) is 0 Å². The highest BCUT2D eigenvalue weighted by atomic mass is 16.5. The van der Waals surface area contributed by atoms with E-state index < -0.39 is 0 Å². The number of pyridine rings is 1. The van der Waals surface area contributed by atoms with Crippen molar-refractivity contribution in [3.05, 3.63) is 23.9 Å². The van der Waals surface area contributed by atoms with Crippen LogP contribution in [0.15, 0.2) is 18.3 Å². The fourth-order valence-corrected chi connectivity index (χ4v) is 3.81.